The van der Waals surface area contributed by atoms with Crippen molar-refractivity contribution >= 4 is 8.07 Å². The van der Waals surface area contributed by atoms with Crippen LogP contribution in [0.2, 0.25) is 25.7 Å². The summed E-state index contributed by atoms with van der Waals surface area (Å²) in [4.78, 5) is 0. The molecule has 0 rings (SSSR count). The minimum Gasteiger partial charge on any atom is -0.0917 e. The zero-order valence-electron chi connectivity index (χ0n) is 10.6. The molecular formula is C13H28Si. The van der Waals surface area contributed by atoms with Gasteiger partial charge in [0.2, 0.25) is 0 Å². The molecule has 0 atom stereocenters. The minimum absolute atomic E-state index is 0.750. The Balaban J connectivity index is 3.07. The summed E-state index contributed by atoms with van der Waals surface area (Å²) < 4.78 is 0. The van der Waals surface area contributed by atoms with Crippen LogP contribution in [0.1, 0.15) is 45.4 Å². The quantitative estimate of drug-likeness (QED) is 0.293. The van der Waals surface area contributed by atoms with E-state index in [0.29, 0.717) is 0 Å². The van der Waals surface area contributed by atoms with Gasteiger partial charge in [-0.25, -0.2) is 0 Å². The highest BCUT2D eigenvalue weighted by atomic mass is 28.3. The molecule has 0 aliphatic carbocycles. The molecule has 0 saturated carbocycles. The van der Waals surface area contributed by atoms with Crippen molar-refractivity contribution in [3.63, 3.8) is 0 Å². The Kier molecular flexibility index (Phi) is 8.25. The van der Waals surface area contributed by atoms with Crippen molar-refractivity contribution in [3.8, 4) is 0 Å². The van der Waals surface area contributed by atoms with Crippen LogP contribution in [0.15, 0.2) is 12.2 Å². The maximum Gasteiger partial charge on any atom is 0.0442 e. The van der Waals surface area contributed by atoms with Gasteiger partial charge in [0.05, 0.1) is 0 Å². The normalized spacial score (nSPS) is 12.6. The Morgan fingerprint density at radius 3 is 2.00 bits per heavy atom. The van der Waals surface area contributed by atoms with E-state index in [1.807, 2.05) is 0 Å². The van der Waals surface area contributed by atoms with Crippen LogP contribution in [0, 0.1) is 0 Å². The largest absolute Gasteiger partial charge is 0.0917 e. The van der Waals surface area contributed by atoms with Crippen LogP contribution in [0.25, 0.3) is 0 Å². The average Bonchev–Trinajstić information content (AvgIpc) is 2.08. The van der Waals surface area contributed by atoms with E-state index in [0.717, 1.165) is 0 Å². The summed E-state index contributed by atoms with van der Waals surface area (Å²) in [5.74, 6) is 0. The Morgan fingerprint density at radius 1 is 0.857 bits per heavy atom. The van der Waals surface area contributed by atoms with Crippen LogP contribution in [-0.4, -0.2) is 8.07 Å². The Labute approximate surface area is 91.8 Å². The minimum atomic E-state index is -0.750. The van der Waals surface area contributed by atoms with E-state index >= 15 is 0 Å². The Hall–Kier alpha value is -0.0431. The number of hydrogen-bond acceptors (Lipinski definition) is 0. The first kappa shape index (κ1) is 14.0. The van der Waals surface area contributed by atoms with Gasteiger partial charge in [-0.1, -0.05) is 63.5 Å². The molecular weight excluding hydrogens is 184 g/mol. The van der Waals surface area contributed by atoms with Crippen LogP contribution in [0.4, 0.5) is 0 Å². The van der Waals surface area contributed by atoms with E-state index in [4.69, 9.17) is 0 Å². The van der Waals surface area contributed by atoms with Gasteiger partial charge in [0.1, 0.15) is 0 Å². The maximum absolute atomic E-state index is 2.47. The molecule has 14 heavy (non-hydrogen) atoms. The van der Waals surface area contributed by atoms with Crippen LogP contribution < -0.4 is 0 Å². The molecule has 0 radical (unpaired) electrons. The molecule has 0 saturated heterocycles. The highest BCUT2D eigenvalue weighted by molar-refractivity contribution is 6.76. The lowest BCUT2D eigenvalue weighted by Gasteiger charge is -2.14. The second-order valence-electron chi connectivity index (χ2n) is 5.44. The van der Waals surface area contributed by atoms with Crippen molar-refractivity contribution in [2.45, 2.75) is 71.1 Å². The Morgan fingerprint density at radius 2 is 1.43 bits per heavy atom. The third-order valence-corrected chi connectivity index (χ3v) is 4.39. The van der Waals surface area contributed by atoms with E-state index in [-0.39, 0.29) is 0 Å². The summed E-state index contributed by atoms with van der Waals surface area (Å²) in [6.07, 6.45) is 12.9. The first-order valence-corrected chi connectivity index (χ1v) is 9.88. The molecule has 0 aromatic carbocycles. The fourth-order valence-corrected chi connectivity index (χ4v) is 2.93. The molecule has 0 aliphatic rings. The zero-order valence-corrected chi connectivity index (χ0v) is 11.6. The third kappa shape index (κ3) is 12.0. The van der Waals surface area contributed by atoms with Crippen molar-refractivity contribution in [1.82, 2.24) is 0 Å². The van der Waals surface area contributed by atoms with Gasteiger partial charge in [0.25, 0.3) is 0 Å². The van der Waals surface area contributed by atoms with Crippen LogP contribution in [0.5, 0.6) is 0 Å². The number of allylic oxidation sites excluding steroid dienone is 2. The molecule has 1 heteroatoms. The van der Waals surface area contributed by atoms with Crippen LogP contribution in [0.3, 0.4) is 0 Å². The lowest BCUT2D eigenvalue weighted by molar-refractivity contribution is 0.635. The molecule has 0 bridgehead atoms. The summed E-state index contributed by atoms with van der Waals surface area (Å²) in [5, 5.41) is 0. The van der Waals surface area contributed by atoms with E-state index in [9.17, 15) is 0 Å². The van der Waals surface area contributed by atoms with Gasteiger partial charge in [0.15, 0.2) is 0 Å². The van der Waals surface area contributed by atoms with Gasteiger partial charge in [-0.05, 0) is 19.8 Å². The predicted octanol–water partition coefficient (Wildman–Crippen LogP) is 5.24. The molecule has 0 aromatic heterocycles. The van der Waals surface area contributed by atoms with Crippen molar-refractivity contribution in [1.29, 1.82) is 0 Å². The average molecular weight is 212 g/mol. The smallest absolute Gasteiger partial charge is 0.0442 e. The first-order chi connectivity index (χ1) is 6.56. The predicted molar refractivity (Wildman–Crippen MR) is 70.7 cm³/mol. The monoisotopic (exact) mass is 212 g/mol. The van der Waals surface area contributed by atoms with E-state index in [1.54, 1.807) is 0 Å². The molecule has 0 unspecified atom stereocenters. The van der Waals surface area contributed by atoms with E-state index in [1.165, 1.54) is 44.6 Å². The zero-order chi connectivity index (χ0) is 10.9. The number of hydrogen-bond donors (Lipinski definition) is 0. The van der Waals surface area contributed by atoms with Gasteiger partial charge >= 0.3 is 0 Å². The molecule has 0 nitrogen and oxygen atoms in total. The van der Waals surface area contributed by atoms with Crippen molar-refractivity contribution in [2.24, 2.45) is 0 Å². The summed E-state index contributed by atoms with van der Waals surface area (Å²) in [6.45, 7) is 9.52. The summed E-state index contributed by atoms with van der Waals surface area (Å²) in [5.41, 5.74) is 0. The molecule has 0 amide bonds. The van der Waals surface area contributed by atoms with Gasteiger partial charge in [-0.15, -0.1) is 0 Å². The summed E-state index contributed by atoms with van der Waals surface area (Å²) in [6, 6.07) is 1.52. The molecule has 0 spiro atoms. The van der Waals surface area contributed by atoms with Gasteiger partial charge in [0, 0.05) is 8.07 Å². The number of rotatable bonds is 8. The first-order valence-electron chi connectivity index (χ1n) is 6.17. The Bertz CT molecular complexity index is 142. The van der Waals surface area contributed by atoms with Crippen molar-refractivity contribution in [2.75, 3.05) is 0 Å². The molecule has 0 fully saturated rings. The second-order valence-corrected chi connectivity index (χ2v) is 11.1. The highest BCUT2D eigenvalue weighted by Crippen LogP contribution is 2.15. The topological polar surface area (TPSA) is 0 Å². The van der Waals surface area contributed by atoms with Crippen LogP contribution in [-0.2, 0) is 0 Å². The SMILES string of the molecule is C/C=C/CCCCCCC[Si](C)(C)C. The standard InChI is InChI=1S/C13H28Si/c1-5-6-7-8-9-10-11-12-13-14(2,3)4/h5-6H,7-13H2,1-4H3/b6-5+. The molecule has 84 valence electrons. The van der Waals surface area contributed by atoms with Gasteiger partial charge < -0.3 is 0 Å². The van der Waals surface area contributed by atoms with Crippen molar-refractivity contribution in [3.05, 3.63) is 12.2 Å². The molecule has 0 heterocycles. The second kappa shape index (κ2) is 8.28. The molecule has 0 aromatic rings. The number of unbranched alkanes of at least 4 members (excludes halogenated alkanes) is 5. The van der Waals surface area contributed by atoms with Crippen molar-refractivity contribution < 1.29 is 0 Å². The highest BCUT2D eigenvalue weighted by Gasteiger charge is 2.11. The lowest BCUT2D eigenvalue weighted by atomic mass is 10.1. The lowest BCUT2D eigenvalue weighted by Crippen LogP contribution is -2.18. The maximum atomic E-state index is 2.47. The molecule has 0 N–H and O–H groups in total. The van der Waals surface area contributed by atoms with Gasteiger partial charge in [-0.2, -0.15) is 0 Å². The summed E-state index contributed by atoms with van der Waals surface area (Å²) in [7, 11) is -0.750. The fraction of sp³-hybridized carbons (Fsp3) is 0.846. The third-order valence-electron chi connectivity index (χ3n) is 2.53. The fourth-order valence-electron chi connectivity index (χ4n) is 1.61. The summed E-state index contributed by atoms with van der Waals surface area (Å²) >= 11 is 0. The molecule has 0 aliphatic heterocycles. The van der Waals surface area contributed by atoms with Crippen LogP contribution >= 0.6 is 0 Å². The van der Waals surface area contributed by atoms with E-state index in [2.05, 4.69) is 38.7 Å². The van der Waals surface area contributed by atoms with E-state index < -0.39 is 8.07 Å². The van der Waals surface area contributed by atoms with Gasteiger partial charge in [-0.3, -0.25) is 0 Å².